The van der Waals surface area contributed by atoms with E-state index < -0.39 is 14.9 Å². The third kappa shape index (κ3) is 5.32. The van der Waals surface area contributed by atoms with Gasteiger partial charge in [0.2, 0.25) is 15.2 Å². The number of nitrogens with one attached hydrogen (secondary N) is 1. The average molecular weight is 460 g/mol. The highest BCUT2D eigenvalue weighted by atomic mass is 32.2. The zero-order chi connectivity index (χ0) is 22.4. The molecule has 0 aliphatic carbocycles. The Balaban J connectivity index is 1.67. The van der Waals surface area contributed by atoms with Gasteiger partial charge >= 0.3 is 0 Å². The van der Waals surface area contributed by atoms with Crippen LogP contribution >= 0.6 is 11.3 Å². The standard InChI is InChI=1S/C20H21N5O4S2/c1-3-24(4-2)31(28,29)18-11-7-16(8-12-18)19-14-30-20(22-19)23-21-13-15-5-9-17(10-6-15)25(26)27/h5-14H,3-4H2,1-2H3,(H,22,23). The summed E-state index contributed by atoms with van der Waals surface area (Å²) in [5.41, 5.74) is 5.05. The number of nitrogens with zero attached hydrogens (tertiary/aromatic N) is 4. The van der Waals surface area contributed by atoms with E-state index in [2.05, 4.69) is 15.5 Å². The molecule has 0 unspecified atom stereocenters. The van der Waals surface area contributed by atoms with Crippen molar-refractivity contribution in [2.75, 3.05) is 18.5 Å². The number of hydrogen-bond acceptors (Lipinski definition) is 8. The Kier molecular flexibility index (Phi) is 7.10. The van der Waals surface area contributed by atoms with Gasteiger partial charge < -0.3 is 0 Å². The lowest BCUT2D eigenvalue weighted by Gasteiger charge is -2.18. The topological polar surface area (TPSA) is 118 Å². The number of non-ortho nitro benzene ring substituents is 1. The van der Waals surface area contributed by atoms with Crippen LogP contribution in [0.15, 0.2) is 63.9 Å². The molecular weight excluding hydrogens is 438 g/mol. The largest absolute Gasteiger partial charge is 0.269 e. The summed E-state index contributed by atoms with van der Waals surface area (Å²) in [5.74, 6) is 0. The van der Waals surface area contributed by atoms with E-state index in [4.69, 9.17) is 0 Å². The third-order valence-corrected chi connectivity index (χ3v) is 7.29. The molecule has 1 heterocycles. The van der Waals surface area contributed by atoms with Crippen LogP contribution in [0.25, 0.3) is 11.3 Å². The van der Waals surface area contributed by atoms with Gasteiger partial charge in [-0.3, -0.25) is 15.5 Å². The van der Waals surface area contributed by atoms with Crippen LogP contribution in [0.3, 0.4) is 0 Å². The van der Waals surface area contributed by atoms with Crippen molar-refractivity contribution in [2.24, 2.45) is 5.10 Å². The van der Waals surface area contributed by atoms with E-state index >= 15 is 0 Å². The molecule has 0 atom stereocenters. The zero-order valence-corrected chi connectivity index (χ0v) is 18.6. The molecule has 2 aromatic carbocycles. The van der Waals surface area contributed by atoms with Crippen LogP contribution in [0.2, 0.25) is 0 Å². The number of hydrogen-bond donors (Lipinski definition) is 1. The molecule has 0 radical (unpaired) electrons. The second-order valence-electron chi connectivity index (χ2n) is 6.37. The molecule has 0 spiro atoms. The molecule has 11 heteroatoms. The van der Waals surface area contributed by atoms with Gasteiger partial charge in [-0.05, 0) is 29.8 Å². The first-order valence-corrected chi connectivity index (χ1v) is 11.8. The highest BCUT2D eigenvalue weighted by Gasteiger charge is 2.21. The van der Waals surface area contributed by atoms with Crippen molar-refractivity contribution >= 4 is 38.4 Å². The van der Waals surface area contributed by atoms with Crippen molar-refractivity contribution in [3.8, 4) is 11.3 Å². The van der Waals surface area contributed by atoms with E-state index in [1.165, 1.54) is 34.0 Å². The fourth-order valence-electron chi connectivity index (χ4n) is 2.81. The number of nitro benzene ring substituents is 1. The quantitative estimate of drug-likeness (QED) is 0.291. The van der Waals surface area contributed by atoms with Gasteiger partial charge in [0.15, 0.2) is 0 Å². The van der Waals surface area contributed by atoms with Gasteiger partial charge in [0.25, 0.3) is 5.69 Å². The summed E-state index contributed by atoms with van der Waals surface area (Å²) < 4.78 is 26.6. The zero-order valence-electron chi connectivity index (χ0n) is 16.9. The number of aromatic nitrogens is 1. The van der Waals surface area contributed by atoms with Crippen LogP contribution in [-0.2, 0) is 10.0 Å². The molecule has 162 valence electrons. The minimum absolute atomic E-state index is 0.0191. The highest BCUT2D eigenvalue weighted by Crippen LogP contribution is 2.26. The van der Waals surface area contributed by atoms with Gasteiger partial charge in [-0.25, -0.2) is 13.4 Å². The van der Waals surface area contributed by atoms with Crippen LogP contribution in [0.4, 0.5) is 10.8 Å². The maximum atomic E-state index is 12.6. The van der Waals surface area contributed by atoms with Crippen molar-refractivity contribution in [3.05, 3.63) is 69.6 Å². The number of thiazole rings is 1. The molecule has 0 amide bonds. The second kappa shape index (κ2) is 9.77. The predicted molar refractivity (Wildman–Crippen MR) is 122 cm³/mol. The lowest BCUT2D eigenvalue weighted by molar-refractivity contribution is -0.384. The van der Waals surface area contributed by atoms with Crippen LogP contribution in [-0.4, -0.2) is 41.9 Å². The molecule has 0 bridgehead atoms. The van der Waals surface area contributed by atoms with Gasteiger partial charge in [0.1, 0.15) is 0 Å². The molecule has 3 aromatic rings. The number of nitro groups is 1. The normalized spacial score (nSPS) is 11.8. The van der Waals surface area contributed by atoms with Crippen molar-refractivity contribution in [3.63, 3.8) is 0 Å². The van der Waals surface area contributed by atoms with Crippen molar-refractivity contribution < 1.29 is 13.3 Å². The first kappa shape index (κ1) is 22.5. The Hall–Kier alpha value is -3.15. The number of anilines is 1. The Labute approximate surface area is 184 Å². The Morgan fingerprint density at radius 1 is 1.13 bits per heavy atom. The number of hydrazone groups is 1. The van der Waals surface area contributed by atoms with Gasteiger partial charge in [0, 0.05) is 36.2 Å². The third-order valence-electron chi connectivity index (χ3n) is 4.48. The summed E-state index contributed by atoms with van der Waals surface area (Å²) in [7, 11) is -3.49. The fourth-order valence-corrected chi connectivity index (χ4v) is 4.94. The van der Waals surface area contributed by atoms with Crippen molar-refractivity contribution in [1.29, 1.82) is 0 Å². The molecule has 0 saturated heterocycles. The van der Waals surface area contributed by atoms with Gasteiger partial charge in [-0.1, -0.05) is 26.0 Å². The molecule has 0 aliphatic heterocycles. The summed E-state index contributed by atoms with van der Waals surface area (Å²) in [6.07, 6.45) is 1.54. The molecule has 0 fully saturated rings. The van der Waals surface area contributed by atoms with E-state index in [-0.39, 0.29) is 10.6 Å². The minimum atomic E-state index is -3.49. The van der Waals surface area contributed by atoms with Crippen LogP contribution < -0.4 is 5.43 Å². The lowest BCUT2D eigenvalue weighted by atomic mass is 10.2. The molecule has 3 rings (SSSR count). The summed E-state index contributed by atoms with van der Waals surface area (Å²) in [5, 5.41) is 17.2. The molecule has 0 aliphatic rings. The molecule has 1 N–H and O–H groups in total. The van der Waals surface area contributed by atoms with Crippen LogP contribution in [0.1, 0.15) is 19.4 Å². The SMILES string of the molecule is CCN(CC)S(=O)(=O)c1ccc(-c2csc(NN=Cc3ccc([N+](=O)[O-])cc3)n2)cc1. The second-order valence-corrected chi connectivity index (χ2v) is 9.17. The lowest BCUT2D eigenvalue weighted by Crippen LogP contribution is -2.30. The summed E-state index contributed by atoms with van der Waals surface area (Å²) in [4.78, 5) is 14.9. The Morgan fingerprint density at radius 3 is 2.35 bits per heavy atom. The number of rotatable bonds is 9. The smallest absolute Gasteiger partial charge is 0.258 e. The fraction of sp³-hybridized carbons (Fsp3) is 0.200. The average Bonchev–Trinajstić information content (AvgIpc) is 3.24. The van der Waals surface area contributed by atoms with Crippen molar-refractivity contribution in [2.45, 2.75) is 18.7 Å². The molecule has 1 aromatic heterocycles. The van der Waals surface area contributed by atoms with E-state index in [1.807, 2.05) is 19.2 Å². The minimum Gasteiger partial charge on any atom is -0.258 e. The van der Waals surface area contributed by atoms with Crippen LogP contribution in [0, 0.1) is 10.1 Å². The first-order chi connectivity index (χ1) is 14.8. The monoisotopic (exact) mass is 459 g/mol. The number of benzene rings is 2. The van der Waals surface area contributed by atoms with Gasteiger partial charge in [0.05, 0.1) is 21.7 Å². The summed E-state index contributed by atoms with van der Waals surface area (Å²) in [6.45, 7) is 4.46. The molecule has 9 nitrogen and oxygen atoms in total. The van der Waals surface area contributed by atoms with Gasteiger partial charge in [-0.15, -0.1) is 11.3 Å². The summed E-state index contributed by atoms with van der Waals surface area (Å²) >= 11 is 1.36. The predicted octanol–water partition coefficient (Wildman–Crippen LogP) is 4.19. The Bertz CT molecular complexity index is 1170. The van der Waals surface area contributed by atoms with Crippen LogP contribution in [0.5, 0.6) is 0 Å². The first-order valence-electron chi connectivity index (χ1n) is 9.44. The highest BCUT2D eigenvalue weighted by molar-refractivity contribution is 7.89. The van der Waals surface area contributed by atoms with Gasteiger partial charge in [-0.2, -0.15) is 9.41 Å². The van der Waals surface area contributed by atoms with E-state index in [0.717, 1.165) is 5.56 Å². The number of sulfonamides is 1. The maximum absolute atomic E-state index is 12.6. The molecule has 31 heavy (non-hydrogen) atoms. The molecule has 0 saturated carbocycles. The summed E-state index contributed by atoms with van der Waals surface area (Å²) in [6, 6.07) is 12.7. The van der Waals surface area contributed by atoms with E-state index in [1.54, 1.807) is 36.4 Å². The van der Waals surface area contributed by atoms with E-state index in [9.17, 15) is 18.5 Å². The molecular formula is C20H21N5O4S2. The maximum Gasteiger partial charge on any atom is 0.269 e. The van der Waals surface area contributed by atoms with E-state index in [0.29, 0.717) is 29.5 Å². The Morgan fingerprint density at radius 2 is 1.77 bits per heavy atom. The van der Waals surface area contributed by atoms with Crippen molar-refractivity contribution in [1.82, 2.24) is 9.29 Å².